The lowest BCUT2D eigenvalue weighted by Gasteiger charge is -2.30. The Labute approximate surface area is 138 Å². The first kappa shape index (κ1) is 19.6. The molecule has 130 valence electrons. The molecule has 0 saturated heterocycles. The highest BCUT2D eigenvalue weighted by Crippen LogP contribution is 2.21. The van der Waals surface area contributed by atoms with Crippen LogP contribution < -0.4 is 10.5 Å². The Kier molecular flexibility index (Phi) is 6.33. The van der Waals surface area contributed by atoms with Crippen molar-refractivity contribution in [1.29, 1.82) is 0 Å². The third kappa shape index (κ3) is 5.02. The quantitative estimate of drug-likeness (QED) is 0.737. The van der Waals surface area contributed by atoms with Crippen LogP contribution in [0.25, 0.3) is 0 Å². The summed E-state index contributed by atoms with van der Waals surface area (Å²) >= 11 is 0. The normalized spacial score (nSPS) is 14.6. The van der Waals surface area contributed by atoms with Crippen LogP contribution in [0, 0.1) is 12.8 Å². The number of nitrogens with two attached hydrogens (primary N) is 1. The van der Waals surface area contributed by atoms with Crippen LogP contribution in [0.5, 0.6) is 0 Å². The zero-order valence-corrected chi connectivity index (χ0v) is 15.2. The Bertz CT molecular complexity index is 671. The number of sulfonamides is 1. The van der Waals surface area contributed by atoms with E-state index >= 15 is 0 Å². The van der Waals surface area contributed by atoms with Gasteiger partial charge in [0.2, 0.25) is 10.0 Å². The number of esters is 1. The topological polar surface area (TPSA) is 98.5 Å². The van der Waals surface area contributed by atoms with Crippen molar-refractivity contribution in [2.24, 2.45) is 11.7 Å². The standard InChI is InChI=1S/C16H26N2O4S/c1-11(2)9-16(4,10-17)18-23(20,21)13-7-6-12(3)14(8-13)15(19)22-5/h6-8,11,18H,9-10,17H2,1-5H3. The molecular weight excluding hydrogens is 316 g/mol. The molecule has 0 aliphatic carbocycles. The van der Waals surface area contributed by atoms with Gasteiger partial charge in [-0.1, -0.05) is 19.9 Å². The molecule has 6 nitrogen and oxygen atoms in total. The lowest BCUT2D eigenvalue weighted by Crippen LogP contribution is -2.52. The molecule has 0 heterocycles. The first-order valence-corrected chi connectivity index (χ1v) is 8.96. The Morgan fingerprint density at radius 1 is 1.39 bits per heavy atom. The van der Waals surface area contributed by atoms with Crippen LogP contribution in [-0.4, -0.2) is 33.6 Å². The average Bonchev–Trinajstić information content (AvgIpc) is 2.45. The SMILES string of the molecule is COC(=O)c1cc(S(=O)(=O)NC(C)(CN)CC(C)C)ccc1C. The number of methoxy groups -OCH3 is 1. The van der Waals surface area contributed by atoms with Gasteiger partial charge in [0.1, 0.15) is 0 Å². The lowest BCUT2D eigenvalue weighted by atomic mass is 9.92. The number of benzene rings is 1. The average molecular weight is 342 g/mol. The van der Waals surface area contributed by atoms with Crippen molar-refractivity contribution < 1.29 is 17.9 Å². The number of hydrogen-bond acceptors (Lipinski definition) is 5. The smallest absolute Gasteiger partial charge is 0.338 e. The maximum absolute atomic E-state index is 12.6. The Morgan fingerprint density at radius 2 is 2.00 bits per heavy atom. The number of ether oxygens (including phenoxy) is 1. The number of carbonyl (C=O) groups excluding carboxylic acids is 1. The van der Waals surface area contributed by atoms with E-state index in [-0.39, 0.29) is 22.9 Å². The minimum atomic E-state index is -3.79. The van der Waals surface area contributed by atoms with Crippen LogP contribution in [-0.2, 0) is 14.8 Å². The summed E-state index contributed by atoms with van der Waals surface area (Å²) in [6, 6.07) is 4.38. The molecule has 0 saturated carbocycles. The zero-order valence-electron chi connectivity index (χ0n) is 14.3. The predicted octanol–water partition coefficient (Wildman–Crippen LogP) is 1.82. The molecule has 1 unspecified atom stereocenters. The summed E-state index contributed by atoms with van der Waals surface area (Å²) in [6.07, 6.45) is 0.610. The van der Waals surface area contributed by atoms with Crippen molar-refractivity contribution in [2.45, 2.75) is 44.6 Å². The maximum atomic E-state index is 12.6. The van der Waals surface area contributed by atoms with E-state index < -0.39 is 21.5 Å². The van der Waals surface area contributed by atoms with E-state index in [1.165, 1.54) is 19.2 Å². The van der Waals surface area contributed by atoms with Crippen molar-refractivity contribution in [2.75, 3.05) is 13.7 Å². The van der Waals surface area contributed by atoms with Crippen molar-refractivity contribution in [3.05, 3.63) is 29.3 Å². The predicted molar refractivity (Wildman–Crippen MR) is 89.8 cm³/mol. The molecule has 0 amide bonds. The van der Waals surface area contributed by atoms with Gasteiger partial charge in [-0.15, -0.1) is 0 Å². The summed E-state index contributed by atoms with van der Waals surface area (Å²) in [4.78, 5) is 11.8. The minimum Gasteiger partial charge on any atom is -0.465 e. The summed E-state index contributed by atoms with van der Waals surface area (Å²) in [5.41, 5.74) is 5.90. The molecule has 0 spiro atoms. The highest BCUT2D eigenvalue weighted by atomic mass is 32.2. The highest BCUT2D eigenvalue weighted by molar-refractivity contribution is 7.89. The zero-order chi connectivity index (χ0) is 17.8. The van der Waals surface area contributed by atoms with Gasteiger partial charge in [-0.25, -0.2) is 17.9 Å². The third-order valence-corrected chi connectivity index (χ3v) is 5.25. The second-order valence-electron chi connectivity index (χ2n) is 6.44. The molecule has 0 bridgehead atoms. The second-order valence-corrected chi connectivity index (χ2v) is 8.12. The molecule has 23 heavy (non-hydrogen) atoms. The van der Waals surface area contributed by atoms with Gasteiger partial charge < -0.3 is 10.5 Å². The Morgan fingerprint density at radius 3 is 2.48 bits per heavy atom. The highest BCUT2D eigenvalue weighted by Gasteiger charge is 2.30. The summed E-state index contributed by atoms with van der Waals surface area (Å²) in [5.74, 6) is -0.279. The van der Waals surface area contributed by atoms with Gasteiger partial charge in [0.15, 0.2) is 0 Å². The Balaban J connectivity index is 3.21. The number of rotatable bonds is 7. The summed E-state index contributed by atoms with van der Waals surface area (Å²) < 4.78 is 32.6. The summed E-state index contributed by atoms with van der Waals surface area (Å²) in [5, 5.41) is 0. The molecule has 1 rings (SSSR count). The fourth-order valence-electron chi connectivity index (χ4n) is 2.55. The van der Waals surface area contributed by atoms with Gasteiger partial charge in [-0.2, -0.15) is 0 Å². The fourth-order valence-corrected chi connectivity index (χ4v) is 4.00. The molecule has 0 aromatic heterocycles. The van der Waals surface area contributed by atoms with Gasteiger partial charge in [-0.3, -0.25) is 0 Å². The molecule has 0 radical (unpaired) electrons. The van der Waals surface area contributed by atoms with Crippen LogP contribution in [0.15, 0.2) is 23.1 Å². The first-order chi connectivity index (χ1) is 10.5. The van der Waals surface area contributed by atoms with E-state index in [0.29, 0.717) is 12.0 Å². The molecular formula is C16H26N2O4S. The van der Waals surface area contributed by atoms with Crippen molar-refractivity contribution in [3.63, 3.8) is 0 Å². The van der Waals surface area contributed by atoms with E-state index in [9.17, 15) is 13.2 Å². The molecule has 0 fully saturated rings. The van der Waals surface area contributed by atoms with Gasteiger partial charge in [0.05, 0.1) is 17.6 Å². The third-order valence-electron chi connectivity index (χ3n) is 3.61. The number of carbonyl (C=O) groups is 1. The van der Waals surface area contributed by atoms with Gasteiger partial charge >= 0.3 is 5.97 Å². The molecule has 0 aliphatic rings. The fraction of sp³-hybridized carbons (Fsp3) is 0.562. The van der Waals surface area contributed by atoms with E-state index in [2.05, 4.69) is 9.46 Å². The summed E-state index contributed by atoms with van der Waals surface area (Å²) in [6.45, 7) is 7.69. The molecule has 0 aliphatic heterocycles. The van der Waals surface area contributed by atoms with E-state index in [4.69, 9.17) is 5.73 Å². The monoisotopic (exact) mass is 342 g/mol. The summed E-state index contributed by atoms with van der Waals surface area (Å²) in [7, 11) is -2.54. The first-order valence-electron chi connectivity index (χ1n) is 7.47. The van der Waals surface area contributed by atoms with E-state index in [0.717, 1.165) is 0 Å². The maximum Gasteiger partial charge on any atom is 0.338 e. The molecule has 1 aromatic rings. The van der Waals surface area contributed by atoms with Crippen molar-refractivity contribution >= 4 is 16.0 Å². The minimum absolute atomic E-state index is 0.0203. The van der Waals surface area contributed by atoms with Gasteiger partial charge in [0.25, 0.3) is 0 Å². The molecule has 1 atom stereocenters. The van der Waals surface area contributed by atoms with Crippen LogP contribution in [0.3, 0.4) is 0 Å². The largest absolute Gasteiger partial charge is 0.465 e. The number of nitrogens with one attached hydrogen (secondary N) is 1. The van der Waals surface area contributed by atoms with Crippen LogP contribution in [0.1, 0.15) is 43.1 Å². The number of aryl methyl sites for hydroxylation is 1. The molecule has 3 N–H and O–H groups in total. The number of hydrogen-bond donors (Lipinski definition) is 2. The van der Waals surface area contributed by atoms with Crippen molar-refractivity contribution in [1.82, 2.24) is 4.72 Å². The van der Waals surface area contributed by atoms with E-state index in [1.54, 1.807) is 19.9 Å². The van der Waals surface area contributed by atoms with Crippen LogP contribution in [0.2, 0.25) is 0 Å². The van der Waals surface area contributed by atoms with Crippen molar-refractivity contribution in [3.8, 4) is 0 Å². The van der Waals surface area contributed by atoms with Crippen LogP contribution >= 0.6 is 0 Å². The molecule has 1 aromatic carbocycles. The van der Waals surface area contributed by atoms with E-state index in [1.807, 2.05) is 13.8 Å². The van der Waals surface area contributed by atoms with Gasteiger partial charge in [-0.05, 0) is 43.9 Å². The lowest BCUT2D eigenvalue weighted by molar-refractivity contribution is 0.0599. The van der Waals surface area contributed by atoms with Crippen LogP contribution in [0.4, 0.5) is 0 Å². The van der Waals surface area contributed by atoms with Gasteiger partial charge in [0, 0.05) is 12.1 Å². The second kappa shape index (κ2) is 7.42. The molecule has 7 heteroatoms. The Hall–Kier alpha value is -1.44.